The van der Waals surface area contributed by atoms with E-state index in [9.17, 15) is 9.90 Å². The molecule has 0 bridgehead atoms. The van der Waals surface area contributed by atoms with Crippen LogP contribution in [-0.2, 0) is 4.79 Å². The first-order chi connectivity index (χ1) is 9.34. The van der Waals surface area contributed by atoms with Crippen LogP contribution < -0.4 is 10.6 Å². The van der Waals surface area contributed by atoms with E-state index >= 15 is 0 Å². The SMILES string of the molecule is CCC(=O)Nc1ccc(C)c(NC2CC(O)C2(C)C)c1. The van der Waals surface area contributed by atoms with Gasteiger partial charge >= 0.3 is 0 Å². The van der Waals surface area contributed by atoms with Gasteiger partial charge in [-0.2, -0.15) is 0 Å². The zero-order chi connectivity index (χ0) is 14.9. The van der Waals surface area contributed by atoms with Gasteiger partial charge in [0.15, 0.2) is 0 Å². The first-order valence-corrected chi connectivity index (χ1v) is 7.19. The van der Waals surface area contributed by atoms with E-state index in [4.69, 9.17) is 0 Å². The number of carbonyl (C=O) groups is 1. The van der Waals surface area contributed by atoms with Crippen molar-refractivity contribution >= 4 is 17.3 Å². The third-order valence-corrected chi connectivity index (χ3v) is 4.39. The fourth-order valence-electron chi connectivity index (χ4n) is 2.44. The van der Waals surface area contributed by atoms with Crippen LogP contribution in [0.15, 0.2) is 18.2 Å². The second-order valence-corrected chi connectivity index (χ2v) is 6.20. The lowest BCUT2D eigenvalue weighted by molar-refractivity contribution is -0.115. The van der Waals surface area contributed by atoms with E-state index in [1.54, 1.807) is 0 Å². The third kappa shape index (κ3) is 2.80. The molecule has 4 heteroatoms. The molecule has 1 aliphatic carbocycles. The van der Waals surface area contributed by atoms with Gasteiger partial charge in [-0.05, 0) is 31.0 Å². The van der Waals surface area contributed by atoms with Crippen LogP contribution in [0.2, 0.25) is 0 Å². The fraction of sp³-hybridized carbons (Fsp3) is 0.562. The summed E-state index contributed by atoms with van der Waals surface area (Å²) in [4.78, 5) is 11.4. The molecular weight excluding hydrogens is 252 g/mol. The van der Waals surface area contributed by atoms with Crippen LogP contribution >= 0.6 is 0 Å². The van der Waals surface area contributed by atoms with Crippen molar-refractivity contribution in [3.63, 3.8) is 0 Å². The average molecular weight is 276 g/mol. The van der Waals surface area contributed by atoms with Gasteiger partial charge in [-0.1, -0.05) is 26.8 Å². The largest absolute Gasteiger partial charge is 0.392 e. The quantitative estimate of drug-likeness (QED) is 0.792. The molecule has 1 amide bonds. The van der Waals surface area contributed by atoms with Gasteiger partial charge in [0.25, 0.3) is 0 Å². The van der Waals surface area contributed by atoms with Gasteiger partial charge in [-0.3, -0.25) is 4.79 Å². The van der Waals surface area contributed by atoms with E-state index in [0.29, 0.717) is 6.42 Å². The lowest BCUT2D eigenvalue weighted by atomic mass is 9.64. The molecule has 1 saturated carbocycles. The number of benzene rings is 1. The third-order valence-electron chi connectivity index (χ3n) is 4.39. The minimum atomic E-state index is -0.247. The van der Waals surface area contributed by atoms with Gasteiger partial charge in [0.2, 0.25) is 5.91 Å². The van der Waals surface area contributed by atoms with Gasteiger partial charge in [0, 0.05) is 29.3 Å². The molecule has 3 N–H and O–H groups in total. The smallest absolute Gasteiger partial charge is 0.224 e. The molecule has 2 unspecified atom stereocenters. The van der Waals surface area contributed by atoms with Crippen LogP contribution in [0.25, 0.3) is 0 Å². The van der Waals surface area contributed by atoms with Gasteiger partial charge in [0.1, 0.15) is 0 Å². The topological polar surface area (TPSA) is 61.4 Å². The minimum Gasteiger partial charge on any atom is -0.392 e. The minimum absolute atomic E-state index is 0.0131. The van der Waals surface area contributed by atoms with Gasteiger partial charge < -0.3 is 15.7 Å². The molecule has 1 aromatic carbocycles. The Balaban J connectivity index is 2.11. The number of nitrogens with one attached hydrogen (secondary N) is 2. The van der Waals surface area contributed by atoms with Crippen molar-refractivity contribution in [2.75, 3.05) is 10.6 Å². The highest BCUT2D eigenvalue weighted by atomic mass is 16.3. The molecule has 0 heterocycles. The van der Waals surface area contributed by atoms with Crippen molar-refractivity contribution in [1.29, 1.82) is 0 Å². The summed E-state index contributed by atoms with van der Waals surface area (Å²) in [6.07, 6.45) is 0.986. The maximum Gasteiger partial charge on any atom is 0.224 e. The molecule has 0 spiro atoms. The number of anilines is 2. The first kappa shape index (κ1) is 14.9. The highest BCUT2D eigenvalue weighted by molar-refractivity contribution is 5.91. The van der Waals surface area contributed by atoms with Crippen LogP contribution in [0.3, 0.4) is 0 Å². The Morgan fingerprint density at radius 1 is 1.45 bits per heavy atom. The lowest BCUT2D eigenvalue weighted by Gasteiger charge is -2.50. The second-order valence-electron chi connectivity index (χ2n) is 6.20. The number of hydrogen-bond acceptors (Lipinski definition) is 3. The Morgan fingerprint density at radius 3 is 2.70 bits per heavy atom. The Hall–Kier alpha value is -1.55. The summed E-state index contributed by atoms with van der Waals surface area (Å²) in [5, 5.41) is 16.2. The molecule has 110 valence electrons. The number of hydrogen-bond donors (Lipinski definition) is 3. The summed E-state index contributed by atoms with van der Waals surface area (Å²) in [6, 6.07) is 6.13. The second kappa shape index (κ2) is 5.44. The number of aliphatic hydroxyl groups is 1. The van der Waals surface area contributed by atoms with Crippen LogP contribution in [-0.4, -0.2) is 23.2 Å². The van der Waals surface area contributed by atoms with Crippen molar-refractivity contribution in [3.8, 4) is 0 Å². The van der Waals surface area contributed by atoms with E-state index in [-0.39, 0.29) is 23.5 Å². The van der Waals surface area contributed by atoms with Crippen LogP contribution in [0.5, 0.6) is 0 Å². The zero-order valence-electron chi connectivity index (χ0n) is 12.7. The van der Waals surface area contributed by atoms with E-state index in [2.05, 4.69) is 24.5 Å². The van der Waals surface area contributed by atoms with Crippen LogP contribution in [0, 0.1) is 12.3 Å². The molecule has 1 aromatic rings. The standard InChI is InChI=1S/C16H24N2O2/c1-5-15(20)17-11-7-6-10(2)12(8-11)18-13-9-14(19)16(13,3)4/h6-8,13-14,18-19H,5,9H2,1-4H3,(H,17,20). The highest BCUT2D eigenvalue weighted by Crippen LogP contribution is 2.42. The number of carbonyl (C=O) groups excluding carboxylic acids is 1. The van der Waals surface area contributed by atoms with Crippen molar-refractivity contribution in [3.05, 3.63) is 23.8 Å². The van der Waals surface area contributed by atoms with E-state index < -0.39 is 0 Å². The predicted molar refractivity (Wildman–Crippen MR) is 81.9 cm³/mol. The summed E-state index contributed by atoms with van der Waals surface area (Å²) >= 11 is 0. The maximum absolute atomic E-state index is 11.4. The summed E-state index contributed by atoms with van der Waals surface area (Å²) in [5.74, 6) is 0.0131. The summed E-state index contributed by atoms with van der Waals surface area (Å²) in [5.41, 5.74) is 2.85. The Bertz CT molecular complexity index is 511. The summed E-state index contributed by atoms with van der Waals surface area (Å²) < 4.78 is 0. The molecule has 0 saturated heterocycles. The highest BCUT2D eigenvalue weighted by Gasteiger charge is 2.47. The normalized spacial score (nSPS) is 23.9. The Morgan fingerprint density at radius 2 is 2.15 bits per heavy atom. The van der Waals surface area contributed by atoms with Gasteiger partial charge in [-0.25, -0.2) is 0 Å². The van der Waals surface area contributed by atoms with E-state index in [1.165, 1.54) is 0 Å². The molecular formula is C16H24N2O2. The molecule has 2 atom stereocenters. The molecule has 0 aromatic heterocycles. The molecule has 0 aliphatic heterocycles. The van der Waals surface area contributed by atoms with E-state index in [0.717, 1.165) is 23.4 Å². The molecule has 1 fully saturated rings. The Labute approximate surface area is 120 Å². The first-order valence-electron chi connectivity index (χ1n) is 7.19. The Kier molecular flexibility index (Phi) is 4.04. The number of aryl methyl sites for hydroxylation is 1. The van der Waals surface area contributed by atoms with Crippen molar-refractivity contribution in [2.24, 2.45) is 5.41 Å². The maximum atomic E-state index is 11.4. The zero-order valence-corrected chi connectivity index (χ0v) is 12.7. The predicted octanol–water partition coefficient (Wildman–Crippen LogP) is 2.91. The molecule has 2 rings (SSSR count). The summed E-state index contributed by atoms with van der Waals surface area (Å²) in [7, 11) is 0. The van der Waals surface area contributed by atoms with Crippen LogP contribution in [0.4, 0.5) is 11.4 Å². The van der Waals surface area contributed by atoms with Crippen LogP contribution in [0.1, 0.15) is 39.2 Å². The average Bonchev–Trinajstić information content (AvgIpc) is 2.41. The van der Waals surface area contributed by atoms with Crippen molar-refractivity contribution in [2.45, 2.75) is 52.7 Å². The monoisotopic (exact) mass is 276 g/mol. The van der Waals surface area contributed by atoms with Crippen molar-refractivity contribution < 1.29 is 9.90 Å². The van der Waals surface area contributed by atoms with Gasteiger partial charge in [-0.15, -0.1) is 0 Å². The summed E-state index contributed by atoms with van der Waals surface area (Å²) in [6.45, 7) is 8.00. The lowest BCUT2D eigenvalue weighted by Crippen LogP contribution is -2.56. The molecule has 0 radical (unpaired) electrons. The van der Waals surface area contributed by atoms with E-state index in [1.807, 2.05) is 32.0 Å². The molecule has 20 heavy (non-hydrogen) atoms. The number of amides is 1. The molecule has 4 nitrogen and oxygen atoms in total. The fourth-order valence-corrected chi connectivity index (χ4v) is 2.44. The van der Waals surface area contributed by atoms with Crippen molar-refractivity contribution in [1.82, 2.24) is 0 Å². The number of rotatable bonds is 4. The molecule has 1 aliphatic rings. The number of aliphatic hydroxyl groups excluding tert-OH is 1. The van der Waals surface area contributed by atoms with Gasteiger partial charge in [0.05, 0.1) is 6.10 Å².